The minimum atomic E-state index is -0.973. The van der Waals surface area contributed by atoms with Crippen molar-refractivity contribution in [2.24, 2.45) is 0 Å². The van der Waals surface area contributed by atoms with E-state index in [-0.39, 0.29) is 24.8 Å². The molecule has 0 fully saturated rings. The van der Waals surface area contributed by atoms with Crippen molar-refractivity contribution in [3.8, 4) is 0 Å². The predicted octanol–water partition coefficient (Wildman–Crippen LogP) is -3.99. The Kier molecular flexibility index (Phi) is 20.2. The molecule has 0 saturated heterocycles. The van der Waals surface area contributed by atoms with Gasteiger partial charge in [-0.15, -0.1) is 0 Å². The highest BCUT2D eigenvalue weighted by Gasteiger charge is 2.21. The minimum Gasteiger partial charge on any atom is -1.00 e. The van der Waals surface area contributed by atoms with Crippen LogP contribution in [-0.2, 0) is 4.79 Å². The molecule has 0 aromatic rings. The van der Waals surface area contributed by atoms with Gasteiger partial charge in [0.1, 0.15) is 11.5 Å². The highest BCUT2D eigenvalue weighted by molar-refractivity contribution is 5.73. The number of hydrogen-bond donors (Lipinski definition) is 1. The van der Waals surface area contributed by atoms with Gasteiger partial charge in [0.15, 0.2) is 0 Å². The van der Waals surface area contributed by atoms with Crippen molar-refractivity contribution < 1.29 is 40.0 Å². The molecule has 130 valence electrons. The number of hydrogen-bond acceptors (Lipinski definition) is 2. The Hall–Kier alpha value is 0.01000. The topological polar surface area (TPSA) is 56.7 Å². The average molecular weight is 342 g/mol. The smallest absolute Gasteiger partial charge is 0.130 e. The number of carbonyl (C=O) groups is 1. The van der Waals surface area contributed by atoms with E-state index in [1.54, 1.807) is 13.8 Å². The number of unbranched alkanes of at least 4 members (excludes halogenated alkanes) is 9. The van der Waals surface area contributed by atoms with E-state index < -0.39 is 11.5 Å². The van der Waals surface area contributed by atoms with Crippen molar-refractivity contribution in [3.05, 3.63) is 0 Å². The molecule has 0 amide bonds. The molecule has 0 bridgehead atoms. The van der Waals surface area contributed by atoms with Gasteiger partial charge in [0.05, 0.1) is 6.54 Å². The summed E-state index contributed by atoms with van der Waals surface area (Å²) in [6.07, 6.45) is 13.2. The van der Waals surface area contributed by atoms with Crippen LogP contribution in [0, 0.1) is 0 Å². The van der Waals surface area contributed by atoms with E-state index in [1.165, 1.54) is 57.8 Å². The summed E-state index contributed by atoms with van der Waals surface area (Å²) in [5, 5.41) is 12.7. The van der Waals surface area contributed by atoms with Gasteiger partial charge in [-0.25, -0.2) is 0 Å². The summed E-state index contributed by atoms with van der Waals surface area (Å²) >= 11 is 0. The second-order valence-electron chi connectivity index (χ2n) is 6.18. The minimum absolute atomic E-state index is 0. The van der Waals surface area contributed by atoms with Crippen LogP contribution in [0.15, 0.2) is 0 Å². The fourth-order valence-corrected chi connectivity index (χ4v) is 2.18. The standard InChI is InChI=1S/C16H33NO2.2ClH/c1-4-5-6-7-8-9-10-11-12-13-14-17-16(2,3)15(18)19;;/h17H,4-14H2,1-3H3,(H,18,19);2*1H/p-2. The largest absolute Gasteiger partial charge is 1.00 e. The van der Waals surface area contributed by atoms with Gasteiger partial charge in [-0.05, 0) is 26.7 Å². The zero-order chi connectivity index (χ0) is 14.6. The molecule has 21 heavy (non-hydrogen) atoms. The second-order valence-corrected chi connectivity index (χ2v) is 6.18. The summed E-state index contributed by atoms with van der Waals surface area (Å²) in [7, 11) is 0. The third kappa shape index (κ3) is 16.2. The number of halogens is 2. The van der Waals surface area contributed by atoms with Crippen molar-refractivity contribution in [2.45, 2.75) is 90.5 Å². The Morgan fingerprint density at radius 1 is 0.857 bits per heavy atom. The second kappa shape index (κ2) is 16.4. The summed E-state index contributed by atoms with van der Waals surface area (Å²) in [5.74, 6) is -0.973. The monoisotopic (exact) mass is 341 g/mol. The van der Waals surface area contributed by atoms with Crippen molar-refractivity contribution in [1.29, 1.82) is 0 Å². The Balaban J connectivity index is -0.00000162. The summed E-state index contributed by atoms with van der Waals surface area (Å²) < 4.78 is 0. The van der Waals surface area contributed by atoms with E-state index in [2.05, 4.69) is 6.92 Å². The molecule has 5 heteroatoms. The molecule has 0 aliphatic rings. The van der Waals surface area contributed by atoms with Crippen LogP contribution in [0.4, 0.5) is 0 Å². The first-order chi connectivity index (χ1) is 9.00. The van der Waals surface area contributed by atoms with Crippen LogP contribution >= 0.6 is 0 Å². The van der Waals surface area contributed by atoms with E-state index >= 15 is 0 Å². The third-order valence-electron chi connectivity index (χ3n) is 3.74. The molecule has 0 unspecified atom stereocenters. The molecule has 0 radical (unpaired) electrons. The van der Waals surface area contributed by atoms with Gasteiger partial charge in [-0.1, -0.05) is 58.3 Å². The van der Waals surface area contributed by atoms with Gasteiger partial charge in [0, 0.05) is 0 Å². The van der Waals surface area contributed by atoms with Crippen LogP contribution < -0.4 is 35.2 Å². The van der Waals surface area contributed by atoms with Gasteiger partial charge < -0.3 is 40.0 Å². The highest BCUT2D eigenvalue weighted by atomic mass is 35.5. The van der Waals surface area contributed by atoms with E-state index in [1.807, 2.05) is 5.32 Å². The lowest BCUT2D eigenvalue weighted by atomic mass is 10.0. The molecule has 0 heterocycles. The molecule has 0 atom stereocenters. The molecule has 0 saturated carbocycles. The molecule has 0 aromatic carbocycles. The van der Waals surface area contributed by atoms with Crippen molar-refractivity contribution in [3.63, 3.8) is 0 Å². The quantitative estimate of drug-likeness (QED) is 0.347. The molecular weight excluding hydrogens is 309 g/mol. The first-order valence-corrected chi connectivity index (χ1v) is 8.06. The van der Waals surface area contributed by atoms with Gasteiger partial charge in [0.2, 0.25) is 0 Å². The fraction of sp³-hybridized carbons (Fsp3) is 0.938. The number of carbonyl (C=O) groups excluding carboxylic acids is 1. The van der Waals surface area contributed by atoms with E-state index in [0.717, 1.165) is 13.0 Å². The molecule has 3 nitrogen and oxygen atoms in total. The Morgan fingerprint density at radius 2 is 1.24 bits per heavy atom. The lowest BCUT2D eigenvalue weighted by Gasteiger charge is -2.23. The molecule has 0 aliphatic carbocycles. The molecular formula is C16H33Cl2NO2-2. The summed E-state index contributed by atoms with van der Waals surface area (Å²) in [4.78, 5) is 10.8. The first-order valence-electron chi connectivity index (χ1n) is 8.06. The molecule has 0 rings (SSSR count). The lowest BCUT2D eigenvalue weighted by molar-refractivity contribution is -0.713. The zero-order valence-corrected chi connectivity index (χ0v) is 15.4. The number of aliphatic carboxylic acids is 1. The number of rotatable bonds is 13. The lowest BCUT2D eigenvalue weighted by Crippen LogP contribution is -3.00. The Morgan fingerprint density at radius 3 is 1.62 bits per heavy atom. The summed E-state index contributed by atoms with van der Waals surface area (Å²) in [6.45, 7) is 6.55. The first kappa shape index (κ1) is 25.9. The van der Waals surface area contributed by atoms with Gasteiger partial charge in [-0.3, -0.25) is 0 Å². The van der Waals surface area contributed by atoms with Crippen LogP contribution in [0.1, 0.15) is 85.0 Å². The van der Waals surface area contributed by atoms with Crippen molar-refractivity contribution in [1.82, 2.24) is 0 Å². The third-order valence-corrected chi connectivity index (χ3v) is 3.74. The molecule has 0 aromatic heterocycles. The van der Waals surface area contributed by atoms with Crippen LogP contribution in [-0.4, -0.2) is 18.1 Å². The van der Waals surface area contributed by atoms with Crippen molar-refractivity contribution >= 4 is 5.97 Å². The number of carboxylic acids is 1. The van der Waals surface area contributed by atoms with Gasteiger partial charge in [-0.2, -0.15) is 0 Å². The predicted molar refractivity (Wildman–Crippen MR) is 77.7 cm³/mol. The highest BCUT2D eigenvalue weighted by Crippen LogP contribution is 2.10. The normalized spacial score (nSPS) is 10.6. The van der Waals surface area contributed by atoms with Gasteiger partial charge >= 0.3 is 0 Å². The summed E-state index contributed by atoms with van der Waals surface area (Å²) in [6, 6.07) is 0. The van der Waals surface area contributed by atoms with Crippen LogP contribution in [0.2, 0.25) is 0 Å². The Bertz CT molecular complexity index is 236. The molecule has 0 spiro atoms. The number of carboxylic acid groups (broad SMARTS) is 1. The van der Waals surface area contributed by atoms with Crippen LogP contribution in [0.3, 0.4) is 0 Å². The maximum Gasteiger partial charge on any atom is 0.130 e. The fourth-order valence-electron chi connectivity index (χ4n) is 2.18. The molecule has 2 N–H and O–H groups in total. The van der Waals surface area contributed by atoms with Gasteiger partial charge in [0.25, 0.3) is 0 Å². The maximum atomic E-state index is 10.8. The molecule has 0 aliphatic heterocycles. The van der Waals surface area contributed by atoms with Crippen LogP contribution in [0.5, 0.6) is 0 Å². The van der Waals surface area contributed by atoms with Crippen LogP contribution in [0.25, 0.3) is 0 Å². The number of nitrogens with two attached hydrogens (primary N) is 1. The average Bonchev–Trinajstić information content (AvgIpc) is 2.35. The maximum absolute atomic E-state index is 10.8. The van der Waals surface area contributed by atoms with E-state index in [0.29, 0.717) is 0 Å². The zero-order valence-electron chi connectivity index (χ0n) is 13.9. The summed E-state index contributed by atoms with van der Waals surface area (Å²) in [5.41, 5.74) is -0.778. The van der Waals surface area contributed by atoms with E-state index in [4.69, 9.17) is 0 Å². The Labute approximate surface area is 143 Å². The SMILES string of the molecule is CCCCCCCCCCCC[NH2+]C(C)(C)C(=O)[O-].[Cl-].[Cl-]. The van der Waals surface area contributed by atoms with Crippen molar-refractivity contribution in [2.75, 3.05) is 6.54 Å². The number of quaternary nitrogens is 1. The van der Waals surface area contributed by atoms with E-state index in [9.17, 15) is 9.90 Å².